The van der Waals surface area contributed by atoms with E-state index < -0.39 is 0 Å². The van der Waals surface area contributed by atoms with Gasteiger partial charge in [0.05, 0.1) is 11.7 Å². The normalized spacial score (nSPS) is 15.3. The Labute approximate surface area is 127 Å². The van der Waals surface area contributed by atoms with Crippen LogP contribution in [0.2, 0.25) is 0 Å². The third kappa shape index (κ3) is 5.83. The Kier molecular flexibility index (Phi) is 7.03. The fourth-order valence-corrected chi connectivity index (χ4v) is 2.69. The quantitative estimate of drug-likeness (QED) is 0.786. The zero-order valence-electron chi connectivity index (χ0n) is 13.7. The molecule has 1 heterocycles. The van der Waals surface area contributed by atoms with Crippen LogP contribution in [0.5, 0.6) is 0 Å². The predicted octanol–water partition coefficient (Wildman–Crippen LogP) is 3.98. The third-order valence-corrected chi connectivity index (χ3v) is 4.46. The molecule has 0 aliphatic carbocycles. The molecule has 0 bridgehead atoms. The summed E-state index contributed by atoms with van der Waals surface area (Å²) in [5.41, 5.74) is 0. The van der Waals surface area contributed by atoms with E-state index in [-0.39, 0.29) is 4.75 Å². The largest absolute Gasteiger partial charge is 0.339 e. The first kappa shape index (κ1) is 17.5. The third-order valence-electron chi connectivity index (χ3n) is 3.19. The second-order valence-corrected chi connectivity index (χ2v) is 8.01. The second kappa shape index (κ2) is 8.03. The fourth-order valence-electron chi connectivity index (χ4n) is 2.01. The Morgan fingerprint density at radius 1 is 1.30 bits per heavy atom. The highest BCUT2D eigenvalue weighted by molar-refractivity contribution is 7.99. The zero-order chi connectivity index (χ0) is 15.2. The van der Waals surface area contributed by atoms with E-state index in [1.165, 1.54) is 0 Å². The predicted molar refractivity (Wildman–Crippen MR) is 86.1 cm³/mol. The number of rotatable bonds is 8. The number of nitrogens with one attached hydrogen (secondary N) is 1. The van der Waals surface area contributed by atoms with Crippen LogP contribution in [-0.4, -0.2) is 27.5 Å². The molecule has 1 N–H and O–H groups in total. The Balaban J connectivity index is 2.63. The van der Waals surface area contributed by atoms with Crippen molar-refractivity contribution >= 4 is 11.8 Å². The van der Waals surface area contributed by atoms with Crippen LogP contribution in [0.3, 0.4) is 0 Å². The maximum Gasteiger partial charge on any atom is 0.231 e. The molecule has 2 unspecified atom stereocenters. The molecule has 0 amide bonds. The summed E-state index contributed by atoms with van der Waals surface area (Å²) >= 11 is 1.84. The average Bonchev–Trinajstić information content (AvgIpc) is 2.82. The lowest BCUT2D eigenvalue weighted by atomic mass is 9.98. The van der Waals surface area contributed by atoms with E-state index in [0.717, 1.165) is 36.9 Å². The van der Waals surface area contributed by atoms with Crippen molar-refractivity contribution < 1.29 is 4.52 Å². The molecule has 116 valence electrons. The van der Waals surface area contributed by atoms with Crippen LogP contribution in [0.15, 0.2) is 4.52 Å². The van der Waals surface area contributed by atoms with E-state index in [0.29, 0.717) is 12.0 Å². The van der Waals surface area contributed by atoms with Crippen LogP contribution < -0.4 is 5.32 Å². The van der Waals surface area contributed by atoms with E-state index in [9.17, 15) is 0 Å². The summed E-state index contributed by atoms with van der Waals surface area (Å²) in [5, 5.41) is 7.63. The van der Waals surface area contributed by atoms with E-state index in [2.05, 4.69) is 57.0 Å². The SMILES string of the molecule is CCCNC(C)C(CC)c1nc(CSC(C)(C)C)no1. The fraction of sp³-hybridized carbons (Fsp3) is 0.867. The molecule has 2 atom stereocenters. The second-order valence-electron chi connectivity index (χ2n) is 6.21. The van der Waals surface area contributed by atoms with Gasteiger partial charge in [-0.15, -0.1) is 11.8 Å². The summed E-state index contributed by atoms with van der Waals surface area (Å²) in [7, 11) is 0. The van der Waals surface area contributed by atoms with Gasteiger partial charge in [-0.3, -0.25) is 0 Å². The molecule has 0 fully saturated rings. The van der Waals surface area contributed by atoms with Crippen LogP contribution in [0, 0.1) is 0 Å². The van der Waals surface area contributed by atoms with E-state index in [4.69, 9.17) is 4.52 Å². The number of hydrogen-bond donors (Lipinski definition) is 1. The Morgan fingerprint density at radius 3 is 2.55 bits per heavy atom. The molecule has 0 saturated carbocycles. The highest BCUT2D eigenvalue weighted by Gasteiger charge is 2.23. The first-order valence-corrected chi connectivity index (χ1v) is 8.55. The van der Waals surface area contributed by atoms with Crippen molar-refractivity contribution in [1.82, 2.24) is 15.5 Å². The van der Waals surface area contributed by atoms with E-state index >= 15 is 0 Å². The molecule has 0 aliphatic heterocycles. The minimum atomic E-state index is 0.223. The van der Waals surface area contributed by atoms with Gasteiger partial charge in [-0.2, -0.15) is 4.98 Å². The molecule has 1 aromatic heterocycles. The Morgan fingerprint density at radius 2 is 2.00 bits per heavy atom. The molecular weight excluding hydrogens is 270 g/mol. The number of thioether (sulfide) groups is 1. The van der Waals surface area contributed by atoms with Crippen LogP contribution in [0.4, 0.5) is 0 Å². The minimum absolute atomic E-state index is 0.223. The highest BCUT2D eigenvalue weighted by atomic mass is 32.2. The smallest absolute Gasteiger partial charge is 0.231 e. The van der Waals surface area contributed by atoms with Crippen LogP contribution in [-0.2, 0) is 5.75 Å². The summed E-state index contributed by atoms with van der Waals surface area (Å²) in [4.78, 5) is 4.58. The standard InChI is InChI=1S/C15H29N3OS/c1-7-9-16-11(3)12(8-2)14-17-13(18-19-14)10-20-15(4,5)6/h11-12,16H,7-10H2,1-6H3. The zero-order valence-corrected chi connectivity index (χ0v) is 14.5. The molecule has 0 aliphatic rings. The van der Waals surface area contributed by atoms with Gasteiger partial charge in [0.1, 0.15) is 0 Å². The maximum absolute atomic E-state index is 5.47. The highest BCUT2D eigenvalue weighted by Crippen LogP contribution is 2.27. The summed E-state index contributed by atoms with van der Waals surface area (Å²) in [6, 6.07) is 0.364. The Bertz CT molecular complexity index is 387. The lowest BCUT2D eigenvalue weighted by Gasteiger charge is -2.20. The van der Waals surface area contributed by atoms with Gasteiger partial charge in [0.15, 0.2) is 5.82 Å². The van der Waals surface area contributed by atoms with Gasteiger partial charge < -0.3 is 9.84 Å². The summed E-state index contributed by atoms with van der Waals surface area (Å²) in [6.45, 7) is 14.2. The van der Waals surface area contributed by atoms with Crippen molar-refractivity contribution in [2.24, 2.45) is 0 Å². The molecule has 1 rings (SSSR count). The van der Waals surface area contributed by atoms with E-state index in [1.807, 2.05) is 11.8 Å². The van der Waals surface area contributed by atoms with Crippen molar-refractivity contribution in [2.45, 2.75) is 76.8 Å². The van der Waals surface area contributed by atoms with Crippen molar-refractivity contribution in [1.29, 1.82) is 0 Å². The molecule has 4 nitrogen and oxygen atoms in total. The summed E-state index contributed by atoms with van der Waals surface area (Å²) in [6.07, 6.45) is 2.14. The van der Waals surface area contributed by atoms with Gasteiger partial charge in [0.25, 0.3) is 0 Å². The molecule has 0 aromatic carbocycles. The Hall–Kier alpha value is -0.550. The molecule has 0 radical (unpaired) electrons. The molecular formula is C15H29N3OS. The molecule has 1 aromatic rings. The van der Waals surface area contributed by atoms with Crippen molar-refractivity contribution in [3.05, 3.63) is 11.7 Å². The van der Waals surface area contributed by atoms with Crippen LogP contribution in [0.1, 0.15) is 72.0 Å². The minimum Gasteiger partial charge on any atom is -0.339 e. The molecule has 0 spiro atoms. The van der Waals surface area contributed by atoms with Crippen LogP contribution in [0.25, 0.3) is 0 Å². The van der Waals surface area contributed by atoms with Crippen molar-refractivity contribution in [3.63, 3.8) is 0 Å². The van der Waals surface area contributed by atoms with E-state index in [1.54, 1.807) is 0 Å². The lowest BCUT2D eigenvalue weighted by Crippen LogP contribution is -2.32. The first-order chi connectivity index (χ1) is 9.37. The maximum atomic E-state index is 5.47. The number of aromatic nitrogens is 2. The van der Waals surface area contributed by atoms with Gasteiger partial charge in [0, 0.05) is 10.8 Å². The van der Waals surface area contributed by atoms with Gasteiger partial charge in [0.2, 0.25) is 5.89 Å². The van der Waals surface area contributed by atoms with Gasteiger partial charge in [-0.1, -0.05) is 39.8 Å². The lowest BCUT2D eigenvalue weighted by molar-refractivity contribution is 0.314. The van der Waals surface area contributed by atoms with Crippen molar-refractivity contribution in [2.75, 3.05) is 6.54 Å². The summed E-state index contributed by atoms with van der Waals surface area (Å²) < 4.78 is 5.69. The van der Waals surface area contributed by atoms with Crippen molar-refractivity contribution in [3.8, 4) is 0 Å². The first-order valence-electron chi connectivity index (χ1n) is 7.57. The topological polar surface area (TPSA) is 51.0 Å². The van der Waals surface area contributed by atoms with Gasteiger partial charge >= 0.3 is 0 Å². The molecule has 5 heteroatoms. The monoisotopic (exact) mass is 299 g/mol. The summed E-state index contributed by atoms with van der Waals surface area (Å²) in [5.74, 6) is 2.68. The van der Waals surface area contributed by atoms with Gasteiger partial charge in [-0.05, 0) is 26.3 Å². The van der Waals surface area contributed by atoms with Gasteiger partial charge in [-0.25, -0.2) is 0 Å². The number of nitrogens with zero attached hydrogens (tertiary/aromatic N) is 2. The molecule has 0 saturated heterocycles. The number of hydrogen-bond acceptors (Lipinski definition) is 5. The molecule has 20 heavy (non-hydrogen) atoms. The average molecular weight is 299 g/mol. The van der Waals surface area contributed by atoms with Crippen LogP contribution >= 0.6 is 11.8 Å².